The van der Waals surface area contributed by atoms with Gasteiger partial charge in [-0.1, -0.05) is 168 Å². The summed E-state index contributed by atoms with van der Waals surface area (Å²) in [4.78, 5) is 0. The van der Waals surface area contributed by atoms with Crippen molar-refractivity contribution >= 4 is 0 Å². The van der Waals surface area contributed by atoms with Crippen molar-refractivity contribution in [3.63, 3.8) is 0 Å². The summed E-state index contributed by atoms with van der Waals surface area (Å²) in [6, 6.07) is 2.52. The largest absolute Gasteiger partial charge is 0.205 e. The molecule has 0 N–H and O–H groups in total. The lowest BCUT2D eigenvalue weighted by Gasteiger charge is -2.06. The molecule has 0 aromatic carbocycles. The van der Waals surface area contributed by atoms with Crippen molar-refractivity contribution in [1.82, 2.24) is 0 Å². The molecule has 1 heterocycles. The third-order valence-corrected chi connectivity index (χ3v) is 8.54. The van der Waals surface area contributed by atoms with E-state index in [1.54, 1.807) is 11.1 Å². The zero-order valence-corrected chi connectivity index (χ0v) is 26.7. The van der Waals surface area contributed by atoms with Gasteiger partial charge in [-0.25, -0.2) is 4.57 Å². The van der Waals surface area contributed by atoms with Crippen molar-refractivity contribution in [2.75, 3.05) is 0 Å². The molecule has 0 atom stereocenters. The summed E-state index contributed by atoms with van der Waals surface area (Å²) in [7, 11) is 0. The van der Waals surface area contributed by atoms with E-state index in [0.29, 0.717) is 0 Å². The molecule has 0 fully saturated rings. The van der Waals surface area contributed by atoms with Gasteiger partial charge in [0.05, 0.1) is 0 Å². The van der Waals surface area contributed by atoms with E-state index in [4.69, 9.17) is 0 Å². The molecular formula is C37H70N+. The fraction of sp³-hybridized carbons (Fsp3) is 0.865. The Morgan fingerprint density at radius 3 is 0.895 bits per heavy atom. The van der Waals surface area contributed by atoms with E-state index in [1.165, 1.54) is 180 Å². The molecule has 1 rings (SSSR count). The van der Waals surface area contributed by atoms with Crippen LogP contribution in [0, 0.1) is 0 Å². The van der Waals surface area contributed by atoms with Gasteiger partial charge in [-0.3, -0.25) is 0 Å². The minimum atomic E-state index is 1.10. The Hall–Kier alpha value is -0.850. The maximum Gasteiger partial charge on any atom is 0.171 e. The highest BCUT2D eigenvalue weighted by molar-refractivity contribution is 5.15. The Morgan fingerprint density at radius 1 is 0.368 bits per heavy atom. The number of hydrogen-bond donors (Lipinski definition) is 0. The molecule has 0 spiro atoms. The van der Waals surface area contributed by atoms with Crippen molar-refractivity contribution in [2.45, 2.75) is 207 Å². The second-order valence-electron chi connectivity index (χ2n) is 12.4. The Kier molecular flexibility index (Phi) is 25.6. The maximum atomic E-state index is 2.52. The van der Waals surface area contributed by atoms with Gasteiger partial charge in [-0.05, 0) is 38.7 Å². The summed E-state index contributed by atoms with van der Waals surface area (Å²) in [5.41, 5.74) is 3.14. The number of unbranched alkanes of at least 4 members (excludes halogenated alkanes) is 24. The van der Waals surface area contributed by atoms with Gasteiger partial charge < -0.3 is 0 Å². The number of nitrogens with zero attached hydrogens (tertiary/aromatic N) is 1. The summed E-state index contributed by atoms with van der Waals surface area (Å²) in [6.07, 6.45) is 44.8. The minimum absolute atomic E-state index is 1.10. The summed E-state index contributed by atoms with van der Waals surface area (Å²) < 4.78 is 2.43. The van der Waals surface area contributed by atoms with Crippen molar-refractivity contribution < 1.29 is 4.57 Å². The van der Waals surface area contributed by atoms with Crippen LogP contribution in [0.2, 0.25) is 0 Å². The molecule has 0 aliphatic heterocycles. The molecule has 0 unspecified atom stereocenters. The molecule has 1 aromatic rings. The molecule has 0 radical (unpaired) electrons. The highest BCUT2D eigenvalue weighted by atomic mass is 14.9. The summed E-state index contributed by atoms with van der Waals surface area (Å²) in [5, 5.41) is 0. The average Bonchev–Trinajstić information content (AvgIpc) is 2.93. The van der Waals surface area contributed by atoms with Crippen LogP contribution in [0.15, 0.2) is 18.5 Å². The molecule has 0 saturated carbocycles. The van der Waals surface area contributed by atoms with Crippen LogP contribution in [0.3, 0.4) is 0 Å². The third kappa shape index (κ3) is 22.0. The molecule has 1 heteroatoms. The van der Waals surface area contributed by atoms with E-state index in [9.17, 15) is 0 Å². The van der Waals surface area contributed by atoms with Crippen LogP contribution in [0.1, 0.15) is 199 Å². The quantitative estimate of drug-likeness (QED) is 0.0719. The Morgan fingerprint density at radius 2 is 0.632 bits per heavy atom. The molecule has 0 aliphatic rings. The molecule has 38 heavy (non-hydrogen) atoms. The maximum absolute atomic E-state index is 2.52. The third-order valence-electron chi connectivity index (χ3n) is 8.54. The number of hydrogen-bond acceptors (Lipinski definition) is 0. The van der Waals surface area contributed by atoms with E-state index in [1.807, 2.05) is 0 Å². The second-order valence-corrected chi connectivity index (χ2v) is 12.4. The van der Waals surface area contributed by atoms with Gasteiger partial charge >= 0.3 is 0 Å². The first kappa shape index (κ1) is 35.2. The Balaban J connectivity index is 2.03. The molecule has 0 bridgehead atoms. The highest BCUT2D eigenvalue weighted by Gasteiger charge is 2.07. The average molecular weight is 529 g/mol. The zero-order valence-electron chi connectivity index (χ0n) is 26.7. The SMILES string of the molecule is CCCCCCCCCCCCCCCc1cc(CCCCCCCCCCCCCCC)c[n+](CC)c1. The van der Waals surface area contributed by atoms with Gasteiger partial charge in [-0.15, -0.1) is 0 Å². The minimum Gasteiger partial charge on any atom is -0.205 e. The lowest BCUT2D eigenvalue weighted by Crippen LogP contribution is -2.32. The summed E-state index contributed by atoms with van der Waals surface area (Å²) in [6.45, 7) is 7.99. The van der Waals surface area contributed by atoms with Crippen LogP contribution in [0.5, 0.6) is 0 Å². The molecule has 0 amide bonds. The van der Waals surface area contributed by atoms with E-state index >= 15 is 0 Å². The first-order chi connectivity index (χ1) is 18.8. The van der Waals surface area contributed by atoms with Crippen LogP contribution in [-0.2, 0) is 19.4 Å². The Labute approximate surface area is 241 Å². The monoisotopic (exact) mass is 529 g/mol. The summed E-state index contributed by atoms with van der Waals surface area (Å²) >= 11 is 0. The number of rotatable bonds is 29. The van der Waals surface area contributed by atoms with Gasteiger partial charge in [0.25, 0.3) is 0 Å². The highest BCUT2D eigenvalue weighted by Crippen LogP contribution is 2.16. The first-order valence-corrected chi connectivity index (χ1v) is 17.8. The van der Waals surface area contributed by atoms with Crippen molar-refractivity contribution in [2.24, 2.45) is 0 Å². The lowest BCUT2D eigenvalue weighted by molar-refractivity contribution is -0.694. The number of pyridine rings is 1. The van der Waals surface area contributed by atoms with E-state index in [0.717, 1.165) is 6.54 Å². The number of aryl methyl sites for hydroxylation is 3. The van der Waals surface area contributed by atoms with Gasteiger partial charge in [0.1, 0.15) is 6.54 Å². The number of aromatic nitrogens is 1. The second kappa shape index (κ2) is 27.7. The van der Waals surface area contributed by atoms with Crippen LogP contribution < -0.4 is 4.57 Å². The smallest absolute Gasteiger partial charge is 0.171 e. The molecule has 1 nitrogen and oxygen atoms in total. The van der Waals surface area contributed by atoms with Crippen molar-refractivity contribution in [3.05, 3.63) is 29.6 Å². The van der Waals surface area contributed by atoms with E-state index < -0.39 is 0 Å². The van der Waals surface area contributed by atoms with Gasteiger partial charge in [0.15, 0.2) is 12.4 Å². The molecule has 0 saturated heterocycles. The topological polar surface area (TPSA) is 3.88 Å². The first-order valence-electron chi connectivity index (χ1n) is 17.8. The van der Waals surface area contributed by atoms with Crippen molar-refractivity contribution in [1.29, 1.82) is 0 Å². The fourth-order valence-corrected chi connectivity index (χ4v) is 5.93. The fourth-order valence-electron chi connectivity index (χ4n) is 5.93. The predicted octanol–water partition coefficient (Wildman–Crippen LogP) is 12.3. The van der Waals surface area contributed by atoms with Crippen LogP contribution in [0.4, 0.5) is 0 Å². The van der Waals surface area contributed by atoms with E-state index in [2.05, 4.69) is 43.8 Å². The van der Waals surface area contributed by atoms with Crippen molar-refractivity contribution in [3.8, 4) is 0 Å². The normalized spacial score (nSPS) is 11.4. The predicted molar refractivity (Wildman–Crippen MR) is 171 cm³/mol. The van der Waals surface area contributed by atoms with E-state index in [-0.39, 0.29) is 0 Å². The van der Waals surface area contributed by atoms with Crippen LogP contribution in [-0.4, -0.2) is 0 Å². The van der Waals surface area contributed by atoms with Crippen LogP contribution in [0.25, 0.3) is 0 Å². The zero-order chi connectivity index (χ0) is 27.4. The molecular weight excluding hydrogens is 458 g/mol. The lowest BCUT2D eigenvalue weighted by atomic mass is 10.0. The molecule has 0 aliphatic carbocycles. The standard InChI is InChI=1S/C37H70N/c1-4-7-9-11-13-15-17-19-21-23-25-27-29-31-36-33-37(35-38(6-3)34-36)32-30-28-26-24-22-20-18-16-14-12-10-8-5-2/h33-35H,4-32H2,1-3H3/q+1. The molecule has 222 valence electrons. The van der Waals surface area contributed by atoms with Gasteiger partial charge in [0, 0.05) is 11.1 Å². The Bertz CT molecular complexity index is 558. The van der Waals surface area contributed by atoms with Gasteiger partial charge in [-0.2, -0.15) is 0 Å². The summed E-state index contributed by atoms with van der Waals surface area (Å²) in [5.74, 6) is 0. The van der Waals surface area contributed by atoms with Gasteiger partial charge in [0.2, 0.25) is 0 Å². The van der Waals surface area contributed by atoms with Crippen LogP contribution >= 0.6 is 0 Å². The molecule has 1 aromatic heterocycles.